The summed E-state index contributed by atoms with van der Waals surface area (Å²) in [6.07, 6.45) is 0. The second kappa shape index (κ2) is 7.95. The second-order valence-corrected chi connectivity index (χ2v) is 8.10. The minimum atomic E-state index is -0.135. The number of rotatable bonds is 3. The van der Waals surface area contributed by atoms with Crippen molar-refractivity contribution in [2.45, 2.75) is 13.0 Å². The number of hydrogen-bond donors (Lipinski definition) is 1. The molecule has 2 heterocycles. The number of anilines is 1. The predicted molar refractivity (Wildman–Crippen MR) is 112 cm³/mol. The molecule has 4 rings (SSSR count). The number of nitrogens with zero attached hydrogens (tertiary/aromatic N) is 2. The van der Waals surface area contributed by atoms with Crippen molar-refractivity contribution in [2.75, 3.05) is 32.1 Å². The SMILES string of the molecule is COc1ccc([C@H]2[C@@H]3CN(C(=O)Nc4cccc(Cl)c4)C[C@@H]3CN2C(C)=O)cc1. The summed E-state index contributed by atoms with van der Waals surface area (Å²) in [6.45, 7) is 3.52. The van der Waals surface area contributed by atoms with E-state index in [-0.39, 0.29) is 29.8 Å². The molecular weight excluding hydrogens is 390 g/mol. The van der Waals surface area contributed by atoms with E-state index in [1.807, 2.05) is 40.1 Å². The number of benzene rings is 2. The maximum Gasteiger partial charge on any atom is 0.321 e. The van der Waals surface area contributed by atoms with Gasteiger partial charge in [-0.1, -0.05) is 29.8 Å². The number of ether oxygens (including phenoxy) is 1. The smallest absolute Gasteiger partial charge is 0.321 e. The molecule has 6 nitrogen and oxygen atoms in total. The van der Waals surface area contributed by atoms with Crippen LogP contribution in [-0.2, 0) is 4.79 Å². The molecule has 3 amide bonds. The fourth-order valence-corrected chi connectivity index (χ4v) is 4.72. The number of urea groups is 1. The lowest BCUT2D eigenvalue weighted by Crippen LogP contribution is -2.38. The van der Waals surface area contributed by atoms with E-state index < -0.39 is 0 Å². The molecule has 2 aromatic carbocycles. The molecule has 0 bridgehead atoms. The van der Waals surface area contributed by atoms with Crippen molar-refractivity contribution in [3.05, 3.63) is 59.1 Å². The standard InChI is InChI=1S/C22H24ClN3O3/c1-14(27)26-12-16-11-25(22(28)24-18-5-3-4-17(23)10-18)13-20(16)21(26)15-6-8-19(29-2)9-7-15/h3-10,16,20-21H,11-13H2,1-2H3,(H,24,28)/t16-,20-,21+/m1/s1. The average Bonchev–Trinajstić information content (AvgIpc) is 3.26. The molecule has 2 aliphatic rings. The summed E-state index contributed by atoms with van der Waals surface area (Å²) in [7, 11) is 1.63. The molecule has 3 atom stereocenters. The van der Waals surface area contributed by atoms with Gasteiger partial charge in [0.05, 0.1) is 13.2 Å². The van der Waals surface area contributed by atoms with Crippen molar-refractivity contribution in [1.82, 2.24) is 9.80 Å². The van der Waals surface area contributed by atoms with Gasteiger partial charge in [0.2, 0.25) is 5.91 Å². The molecular formula is C22H24ClN3O3. The molecule has 2 aromatic rings. The zero-order valence-corrected chi connectivity index (χ0v) is 17.2. The van der Waals surface area contributed by atoms with Gasteiger partial charge in [-0.2, -0.15) is 0 Å². The molecule has 0 unspecified atom stereocenters. The van der Waals surface area contributed by atoms with Gasteiger partial charge >= 0.3 is 6.03 Å². The maximum atomic E-state index is 12.8. The van der Waals surface area contributed by atoms with Gasteiger partial charge in [0.15, 0.2) is 0 Å². The first-order valence-corrected chi connectivity index (χ1v) is 10.1. The lowest BCUT2D eigenvalue weighted by atomic mass is 9.89. The van der Waals surface area contributed by atoms with Gasteiger partial charge in [0.1, 0.15) is 5.75 Å². The summed E-state index contributed by atoms with van der Waals surface area (Å²) in [4.78, 5) is 28.8. The normalized spacial score (nSPS) is 23.1. The van der Waals surface area contributed by atoms with Crippen LogP contribution in [0.2, 0.25) is 5.02 Å². The predicted octanol–water partition coefficient (Wildman–Crippen LogP) is 4.03. The second-order valence-electron chi connectivity index (χ2n) is 7.66. The lowest BCUT2D eigenvalue weighted by molar-refractivity contribution is -0.130. The molecule has 0 radical (unpaired) electrons. The van der Waals surface area contributed by atoms with E-state index in [1.54, 1.807) is 32.2 Å². The van der Waals surface area contributed by atoms with E-state index in [9.17, 15) is 9.59 Å². The third-order valence-electron chi connectivity index (χ3n) is 5.89. The van der Waals surface area contributed by atoms with E-state index >= 15 is 0 Å². The monoisotopic (exact) mass is 413 g/mol. The van der Waals surface area contributed by atoms with Gasteiger partial charge in [-0.25, -0.2) is 4.79 Å². The van der Waals surface area contributed by atoms with Crippen molar-refractivity contribution in [2.24, 2.45) is 11.8 Å². The van der Waals surface area contributed by atoms with E-state index in [0.29, 0.717) is 30.3 Å². The van der Waals surface area contributed by atoms with Gasteiger partial charge in [-0.15, -0.1) is 0 Å². The van der Waals surface area contributed by atoms with Crippen LogP contribution in [0.3, 0.4) is 0 Å². The average molecular weight is 414 g/mol. The third-order valence-corrected chi connectivity index (χ3v) is 6.12. The highest BCUT2D eigenvalue weighted by Gasteiger charge is 2.49. The Balaban J connectivity index is 1.51. The van der Waals surface area contributed by atoms with Crippen LogP contribution in [0.5, 0.6) is 5.75 Å². The topological polar surface area (TPSA) is 61.9 Å². The minimum absolute atomic E-state index is 0.0348. The first-order valence-electron chi connectivity index (χ1n) is 9.69. The number of nitrogens with one attached hydrogen (secondary N) is 1. The fraction of sp³-hybridized carbons (Fsp3) is 0.364. The van der Waals surface area contributed by atoms with Crippen molar-refractivity contribution < 1.29 is 14.3 Å². The summed E-state index contributed by atoms with van der Waals surface area (Å²) in [5, 5.41) is 3.50. The summed E-state index contributed by atoms with van der Waals surface area (Å²) < 4.78 is 5.26. The van der Waals surface area contributed by atoms with E-state index in [0.717, 1.165) is 11.3 Å². The van der Waals surface area contributed by atoms with Gasteiger partial charge < -0.3 is 19.9 Å². The zero-order chi connectivity index (χ0) is 20.5. The Morgan fingerprint density at radius 2 is 1.86 bits per heavy atom. The van der Waals surface area contributed by atoms with Crippen LogP contribution in [-0.4, -0.2) is 48.5 Å². The molecule has 0 aromatic heterocycles. The molecule has 2 saturated heterocycles. The largest absolute Gasteiger partial charge is 0.497 e. The van der Waals surface area contributed by atoms with Crippen molar-refractivity contribution in [3.63, 3.8) is 0 Å². The van der Waals surface area contributed by atoms with Crippen LogP contribution in [0.1, 0.15) is 18.5 Å². The summed E-state index contributed by atoms with van der Waals surface area (Å²) in [5.74, 6) is 1.32. The Labute approximate surface area is 175 Å². The van der Waals surface area contributed by atoms with Gasteiger partial charge in [-0.3, -0.25) is 4.79 Å². The molecule has 2 aliphatic heterocycles. The number of halogens is 1. The summed E-state index contributed by atoms with van der Waals surface area (Å²) >= 11 is 6.01. The van der Waals surface area contributed by atoms with Crippen molar-refractivity contribution in [3.8, 4) is 5.75 Å². The van der Waals surface area contributed by atoms with Crippen LogP contribution in [0.15, 0.2) is 48.5 Å². The molecule has 7 heteroatoms. The lowest BCUT2D eigenvalue weighted by Gasteiger charge is -2.29. The van der Waals surface area contributed by atoms with Gasteiger partial charge in [-0.05, 0) is 35.9 Å². The Morgan fingerprint density at radius 1 is 1.10 bits per heavy atom. The molecule has 1 N–H and O–H groups in total. The third kappa shape index (κ3) is 3.90. The van der Waals surface area contributed by atoms with Crippen LogP contribution in [0, 0.1) is 11.8 Å². The van der Waals surface area contributed by atoms with Crippen molar-refractivity contribution >= 4 is 29.2 Å². The van der Waals surface area contributed by atoms with Gasteiger partial charge in [0.25, 0.3) is 0 Å². The Bertz CT molecular complexity index is 918. The summed E-state index contributed by atoms with van der Waals surface area (Å²) in [6, 6.07) is 14.8. The van der Waals surface area contributed by atoms with Crippen LogP contribution >= 0.6 is 11.6 Å². The molecule has 29 heavy (non-hydrogen) atoms. The van der Waals surface area contributed by atoms with E-state index in [2.05, 4.69) is 5.32 Å². The molecule has 152 valence electrons. The number of fused-ring (bicyclic) bond motifs is 1. The maximum absolute atomic E-state index is 12.8. The molecule has 0 aliphatic carbocycles. The quantitative estimate of drug-likeness (QED) is 0.826. The summed E-state index contributed by atoms with van der Waals surface area (Å²) in [5.41, 5.74) is 1.75. The number of amides is 3. The minimum Gasteiger partial charge on any atom is -0.497 e. The first-order chi connectivity index (χ1) is 14.0. The Morgan fingerprint density at radius 3 is 2.52 bits per heavy atom. The Kier molecular flexibility index (Phi) is 5.37. The molecule has 0 saturated carbocycles. The fourth-order valence-electron chi connectivity index (χ4n) is 4.53. The molecule has 2 fully saturated rings. The molecule has 0 spiro atoms. The first kappa shape index (κ1) is 19.6. The number of carbonyl (C=O) groups excluding carboxylic acids is 2. The van der Waals surface area contributed by atoms with Crippen LogP contribution in [0.4, 0.5) is 10.5 Å². The van der Waals surface area contributed by atoms with E-state index in [4.69, 9.17) is 16.3 Å². The van der Waals surface area contributed by atoms with E-state index in [1.165, 1.54) is 0 Å². The van der Waals surface area contributed by atoms with Gasteiger partial charge in [0, 0.05) is 49.1 Å². The number of carbonyl (C=O) groups is 2. The highest BCUT2D eigenvalue weighted by atomic mass is 35.5. The van der Waals surface area contributed by atoms with Crippen LogP contribution in [0.25, 0.3) is 0 Å². The number of hydrogen-bond acceptors (Lipinski definition) is 3. The highest BCUT2D eigenvalue weighted by Crippen LogP contribution is 2.45. The van der Waals surface area contributed by atoms with Crippen LogP contribution < -0.4 is 10.1 Å². The number of methoxy groups -OCH3 is 1. The highest BCUT2D eigenvalue weighted by molar-refractivity contribution is 6.30. The Hall–Kier alpha value is -2.73. The number of likely N-dealkylation sites (tertiary alicyclic amines) is 2. The zero-order valence-electron chi connectivity index (χ0n) is 16.5. The van der Waals surface area contributed by atoms with Crippen molar-refractivity contribution in [1.29, 1.82) is 0 Å².